The summed E-state index contributed by atoms with van der Waals surface area (Å²) >= 11 is 6.32. The fourth-order valence-corrected chi connectivity index (χ4v) is 5.06. The summed E-state index contributed by atoms with van der Waals surface area (Å²) in [6, 6.07) is 15.8. The van der Waals surface area contributed by atoms with Crippen molar-refractivity contribution in [3.8, 4) is 0 Å². The van der Waals surface area contributed by atoms with Gasteiger partial charge in [-0.2, -0.15) is 0 Å². The largest absolute Gasteiger partial charge is 0.307 e. The molecule has 2 aromatic carbocycles. The van der Waals surface area contributed by atoms with Gasteiger partial charge in [0.1, 0.15) is 0 Å². The summed E-state index contributed by atoms with van der Waals surface area (Å²) in [6.45, 7) is 4.31. The molecule has 1 aliphatic carbocycles. The normalized spacial score (nSPS) is 21.4. The number of piperidine rings is 1. The number of hydrogen-bond donors (Lipinski definition) is 0. The zero-order chi connectivity index (χ0) is 18.4. The van der Waals surface area contributed by atoms with Gasteiger partial charge in [0.25, 0.3) is 5.91 Å². The molecule has 27 heavy (non-hydrogen) atoms. The number of carbonyl (C=O) groups is 1. The Morgan fingerprint density at radius 3 is 2.48 bits per heavy atom. The summed E-state index contributed by atoms with van der Waals surface area (Å²) in [4.78, 5) is 17.9. The lowest BCUT2D eigenvalue weighted by Crippen LogP contribution is -2.46. The molecule has 0 radical (unpaired) electrons. The van der Waals surface area contributed by atoms with E-state index in [0.29, 0.717) is 10.6 Å². The van der Waals surface area contributed by atoms with Crippen molar-refractivity contribution in [2.45, 2.75) is 31.1 Å². The molecular formula is C23H25ClN2O. The minimum absolute atomic E-state index is 0.0188. The van der Waals surface area contributed by atoms with Crippen LogP contribution in [0, 0.1) is 5.92 Å². The molecule has 4 heteroatoms. The number of benzene rings is 2. The van der Waals surface area contributed by atoms with E-state index in [0.717, 1.165) is 44.1 Å². The first-order chi connectivity index (χ1) is 13.2. The lowest BCUT2D eigenvalue weighted by Gasteiger charge is -2.40. The number of para-hydroxylation sites is 1. The highest BCUT2D eigenvalue weighted by Gasteiger charge is 2.46. The van der Waals surface area contributed by atoms with Crippen LogP contribution in [0.25, 0.3) is 0 Å². The number of hydrogen-bond acceptors (Lipinski definition) is 2. The van der Waals surface area contributed by atoms with E-state index < -0.39 is 0 Å². The highest BCUT2D eigenvalue weighted by molar-refractivity contribution is 6.34. The van der Waals surface area contributed by atoms with Gasteiger partial charge in [0, 0.05) is 24.2 Å². The molecule has 3 aliphatic rings. The van der Waals surface area contributed by atoms with Crippen LogP contribution >= 0.6 is 11.6 Å². The minimum atomic E-state index is 0.0188. The monoisotopic (exact) mass is 380 g/mol. The first kappa shape index (κ1) is 17.3. The molecule has 5 rings (SSSR count). The van der Waals surface area contributed by atoms with Crippen LogP contribution in [0.3, 0.4) is 0 Å². The molecule has 2 fully saturated rings. The van der Waals surface area contributed by atoms with Gasteiger partial charge < -0.3 is 9.80 Å². The standard InChI is InChI=1S/C23H25ClN2O/c24-20-7-3-1-5-18(20)22(27)26-16-23(19-6-2-4-8-21(19)26)11-13-25(14-12-23)15-17-9-10-17/h1-8,17H,9-16H2. The molecule has 1 saturated heterocycles. The van der Waals surface area contributed by atoms with E-state index in [1.165, 1.54) is 24.9 Å². The number of nitrogens with zero attached hydrogens (tertiary/aromatic N) is 2. The number of rotatable bonds is 3. The van der Waals surface area contributed by atoms with Crippen LogP contribution in [0.4, 0.5) is 5.69 Å². The van der Waals surface area contributed by atoms with Crippen LogP contribution in [0.5, 0.6) is 0 Å². The lowest BCUT2D eigenvalue weighted by atomic mass is 9.74. The van der Waals surface area contributed by atoms with Crippen molar-refractivity contribution in [2.24, 2.45) is 5.92 Å². The van der Waals surface area contributed by atoms with Gasteiger partial charge in [0.15, 0.2) is 0 Å². The third-order valence-electron chi connectivity index (χ3n) is 6.60. The maximum absolute atomic E-state index is 13.3. The van der Waals surface area contributed by atoms with Crippen molar-refractivity contribution in [2.75, 3.05) is 31.1 Å². The second-order valence-corrected chi connectivity index (χ2v) is 8.82. The van der Waals surface area contributed by atoms with Crippen LogP contribution in [0.1, 0.15) is 41.6 Å². The average molecular weight is 381 g/mol. The summed E-state index contributed by atoms with van der Waals surface area (Å²) in [5, 5.41) is 0.528. The molecule has 0 N–H and O–H groups in total. The first-order valence-corrected chi connectivity index (χ1v) is 10.4. The van der Waals surface area contributed by atoms with E-state index in [9.17, 15) is 4.79 Å². The van der Waals surface area contributed by atoms with Crippen molar-refractivity contribution >= 4 is 23.2 Å². The first-order valence-electron chi connectivity index (χ1n) is 10.0. The van der Waals surface area contributed by atoms with Crippen LogP contribution in [-0.2, 0) is 5.41 Å². The van der Waals surface area contributed by atoms with Crippen molar-refractivity contribution in [1.82, 2.24) is 4.90 Å². The van der Waals surface area contributed by atoms with E-state index in [2.05, 4.69) is 23.1 Å². The number of halogens is 1. The number of likely N-dealkylation sites (tertiary alicyclic amines) is 1. The highest BCUT2D eigenvalue weighted by atomic mass is 35.5. The van der Waals surface area contributed by atoms with Crippen molar-refractivity contribution in [3.63, 3.8) is 0 Å². The molecule has 3 nitrogen and oxygen atoms in total. The topological polar surface area (TPSA) is 23.6 Å². The van der Waals surface area contributed by atoms with Gasteiger partial charge in [-0.05, 0) is 68.5 Å². The fourth-order valence-electron chi connectivity index (χ4n) is 4.85. The number of anilines is 1. The summed E-state index contributed by atoms with van der Waals surface area (Å²) < 4.78 is 0. The zero-order valence-corrected chi connectivity index (χ0v) is 16.3. The van der Waals surface area contributed by atoms with Crippen LogP contribution in [0.2, 0.25) is 5.02 Å². The van der Waals surface area contributed by atoms with Gasteiger partial charge in [-0.15, -0.1) is 0 Å². The third-order valence-corrected chi connectivity index (χ3v) is 6.93. The molecule has 0 unspecified atom stereocenters. The Kier molecular flexibility index (Phi) is 4.25. The lowest BCUT2D eigenvalue weighted by molar-refractivity contribution is 0.0976. The number of amides is 1. The number of carbonyl (C=O) groups excluding carboxylic acids is 1. The Bertz CT molecular complexity index is 868. The van der Waals surface area contributed by atoms with Crippen LogP contribution < -0.4 is 4.90 Å². The smallest absolute Gasteiger partial charge is 0.259 e. The quantitative estimate of drug-likeness (QED) is 0.767. The third kappa shape index (κ3) is 3.07. The average Bonchev–Trinajstić information content (AvgIpc) is 3.46. The van der Waals surface area contributed by atoms with E-state index in [-0.39, 0.29) is 11.3 Å². The Morgan fingerprint density at radius 1 is 1.04 bits per heavy atom. The maximum Gasteiger partial charge on any atom is 0.259 e. The van der Waals surface area contributed by atoms with Crippen molar-refractivity contribution in [3.05, 3.63) is 64.7 Å². The summed E-state index contributed by atoms with van der Waals surface area (Å²) in [5.74, 6) is 0.957. The summed E-state index contributed by atoms with van der Waals surface area (Å²) in [6.07, 6.45) is 5.07. The molecule has 140 valence electrons. The van der Waals surface area contributed by atoms with Crippen molar-refractivity contribution < 1.29 is 4.79 Å². The van der Waals surface area contributed by atoms with Crippen molar-refractivity contribution in [1.29, 1.82) is 0 Å². The molecule has 1 saturated carbocycles. The van der Waals surface area contributed by atoms with Gasteiger partial charge in [0.2, 0.25) is 0 Å². The van der Waals surface area contributed by atoms with E-state index in [1.807, 2.05) is 29.2 Å². The molecule has 0 aromatic heterocycles. The molecular weight excluding hydrogens is 356 g/mol. The van der Waals surface area contributed by atoms with Crippen LogP contribution in [0.15, 0.2) is 48.5 Å². The second-order valence-electron chi connectivity index (χ2n) is 8.41. The fraction of sp³-hybridized carbons (Fsp3) is 0.435. The minimum Gasteiger partial charge on any atom is -0.307 e. The van der Waals surface area contributed by atoms with E-state index in [1.54, 1.807) is 6.07 Å². The van der Waals surface area contributed by atoms with Gasteiger partial charge in [0.05, 0.1) is 10.6 Å². The predicted octanol–water partition coefficient (Wildman–Crippen LogP) is 4.74. The summed E-state index contributed by atoms with van der Waals surface area (Å²) in [5.41, 5.74) is 3.10. The molecule has 0 atom stereocenters. The Hall–Kier alpha value is -1.84. The predicted molar refractivity (Wildman–Crippen MR) is 110 cm³/mol. The zero-order valence-electron chi connectivity index (χ0n) is 15.5. The molecule has 0 bridgehead atoms. The Balaban J connectivity index is 1.43. The summed E-state index contributed by atoms with van der Waals surface area (Å²) in [7, 11) is 0. The van der Waals surface area contributed by atoms with E-state index >= 15 is 0 Å². The Labute approximate surface area is 165 Å². The second kappa shape index (κ2) is 6.65. The SMILES string of the molecule is O=C(c1ccccc1Cl)N1CC2(CCN(CC3CC3)CC2)c2ccccc21. The Morgan fingerprint density at radius 2 is 1.74 bits per heavy atom. The molecule has 2 aliphatic heterocycles. The molecule has 2 heterocycles. The van der Waals surface area contributed by atoms with Gasteiger partial charge >= 0.3 is 0 Å². The van der Waals surface area contributed by atoms with Gasteiger partial charge in [-0.25, -0.2) is 0 Å². The number of fused-ring (bicyclic) bond motifs is 2. The highest BCUT2D eigenvalue weighted by Crippen LogP contribution is 2.48. The van der Waals surface area contributed by atoms with Crippen LogP contribution in [-0.4, -0.2) is 37.0 Å². The molecule has 1 amide bonds. The molecule has 1 spiro atoms. The maximum atomic E-state index is 13.3. The molecule has 2 aromatic rings. The van der Waals surface area contributed by atoms with E-state index in [4.69, 9.17) is 11.6 Å². The van der Waals surface area contributed by atoms with Gasteiger partial charge in [-0.1, -0.05) is 41.9 Å². The van der Waals surface area contributed by atoms with Gasteiger partial charge in [-0.3, -0.25) is 4.79 Å².